The van der Waals surface area contributed by atoms with E-state index in [4.69, 9.17) is 4.42 Å². The maximum atomic E-state index is 13.1. The van der Waals surface area contributed by atoms with Crippen LogP contribution in [-0.2, 0) is 10.0 Å². The lowest BCUT2D eigenvalue weighted by Gasteiger charge is -2.20. The molecule has 0 saturated heterocycles. The summed E-state index contributed by atoms with van der Waals surface area (Å²) in [6.07, 6.45) is 1.40. The summed E-state index contributed by atoms with van der Waals surface area (Å²) < 4.78 is 32.5. The predicted octanol–water partition coefficient (Wildman–Crippen LogP) is 4.92. The van der Waals surface area contributed by atoms with Crippen molar-refractivity contribution in [2.45, 2.75) is 11.8 Å². The zero-order valence-corrected chi connectivity index (χ0v) is 19.9. The molecule has 3 aromatic carbocycles. The van der Waals surface area contributed by atoms with Crippen LogP contribution in [0.3, 0.4) is 0 Å². The smallest absolute Gasteiger partial charge is 0.291 e. The molecule has 0 atom stereocenters. The summed E-state index contributed by atoms with van der Waals surface area (Å²) in [7, 11) is -2.41. The summed E-state index contributed by atoms with van der Waals surface area (Å²) in [6.45, 7) is 1.92. The van der Waals surface area contributed by atoms with Crippen molar-refractivity contribution >= 4 is 38.9 Å². The molecule has 9 heteroatoms. The second kappa shape index (κ2) is 9.86. The number of furan rings is 1. The van der Waals surface area contributed by atoms with E-state index in [1.807, 2.05) is 19.1 Å². The van der Waals surface area contributed by atoms with Gasteiger partial charge >= 0.3 is 0 Å². The second-order valence-electron chi connectivity index (χ2n) is 7.80. The van der Waals surface area contributed by atoms with Gasteiger partial charge in [-0.25, -0.2) is 8.42 Å². The number of amides is 2. The number of anilines is 3. The van der Waals surface area contributed by atoms with Gasteiger partial charge in [0.15, 0.2) is 5.76 Å². The number of hydrogen-bond acceptors (Lipinski definition) is 5. The van der Waals surface area contributed by atoms with Crippen molar-refractivity contribution in [2.75, 3.05) is 22.0 Å². The zero-order chi connectivity index (χ0) is 25.0. The number of hydrogen-bond donors (Lipinski definition) is 2. The average Bonchev–Trinajstić information content (AvgIpc) is 3.40. The van der Waals surface area contributed by atoms with Crippen LogP contribution >= 0.6 is 0 Å². The Bertz CT molecular complexity index is 1460. The zero-order valence-electron chi connectivity index (χ0n) is 19.1. The monoisotopic (exact) mass is 489 g/mol. The fourth-order valence-corrected chi connectivity index (χ4v) is 4.57. The minimum absolute atomic E-state index is 0.00677. The third kappa shape index (κ3) is 5.42. The molecule has 0 spiro atoms. The molecular weight excluding hydrogens is 466 g/mol. The first-order chi connectivity index (χ1) is 16.7. The van der Waals surface area contributed by atoms with Crippen molar-refractivity contribution in [3.05, 3.63) is 108 Å². The molecule has 0 aliphatic rings. The van der Waals surface area contributed by atoms with Gasteiger partial charge in [-0.1, -0.05) is 29.8 Å². The van der Waals surface area contributed by atoms with Crippen molar-refractivity contribution < 1.29 is 22.4 Å². The molecule has 2 N–H and O–H groups in total. The lowest BCUT2D eigenvalue weighted by Crippen LogP contribution is -2.26. The number of nitrogens with one attached hydrogen (secondary N) is 2. The fraction of sp³-hybridized carbons (Fsp3) is 0.0769. The normalized spacial score (nSPS) is 11.0. The number of aryl methyl sites for hydroxylation is 1. The summed E-state index contributed by atoms with van der Waals surface area (Å²) in [4.78, 5) is 25.0. The third-order valence-corrected chi connectivity index (χ3v) is 7.06. The highest BCUT2D eigenvalue weighted by Gasteiger charge is 2.22. The second-order valence-corrected chi connectivity index (χ2v) is 9.77. The van der Waals surface area contributed by atoms with Crippen LogP contribution in [0, 0.1) is 6.92 Å². The van der Waals surface area contributed by atoms with Gasteiger partial charge in [-0.15, -0.1) is 0 Å². The van der Waals surface area contributed by atoms with Crippen LogP contribution in [-0.4, -0.2) is 27.3 Å². The standard InChI is InChI=1S/C26H23N3O5S/c1-18-11-13-22(14-12-18)29(2)35(32,33)23-9-3-6-19(16-23)25(30)27-20-7-4-8-21(17-20)28-26(31)24-10-5-15-34-24/h3-17H,1-2H3,(H,27,30)(H,28,31). The Hall–Kier alpha value is -4.37. The highest BCUT2D eigenvalue weighted by molar-refractivity contribution is 7.92. The van der Waals surface area contributed by atoms with E-state index in [9.17, 15) is 18.0 Å². The molecule has 1 aromatic heterocycles. The van der Waals surface area contributed by atoms with E-state index in [0.717, 1.165) is 5.56 Å². The molecule has 178 valence electrons. The van der Waals surface area contributed by atoms with E-state index < -0.39 is 21.8 Å². The highest BCUT2D eigenvalue weighted by Crippen LogP contribution is 2.24. The van der Waals surface area contributed by atoms with Gasteiger partial charge in [-0.3, -0.25) is 13.9 Å². The summed E-state index contributed by atoms with van der Waals surface area (Å²) >= 11 is 0. The molecule has 4 aromatic rings. The molecule has 0 saturated carbocycles. The maximum absolute atomic E-state index is 13.1. The summed E-state index contributed by atoms with van der Waals surface area (Å²) in [5.74, 6) is -0.753. The first kappa shape index (κ1) is 23.8. The molecule has 0 aliphatic heterocycles. The van der Waals surface area contributed by atoms with Crippen molar-refractivity contribution in [2.24, 2.45) is 0 Å². The van der Waals surface area contributed by atoms with E-state index in [1.165, 1.54) is 47.9 Å². The summed E-state index contributed by atoms with van der Waals surface area (Å²) in [5.41, 5.74) is 2.59. The van der Waals surface area contributed by atoms with Crippen molar-refractivity contribution in [3.8, 4) is 0 Å². The Balaban J connectivity index is 1.50. The number of benzene rings is 3. The molecule has 0 unspecified atom stereocenters. The predicted molar refractivity (Wildman–Crippen MR) is 134 cm³/mol. The Morgan fingerprint density at radius 3 is 2.11 bits per heavy atom. The molecule has 0 aliphatic carbocycles. The number of sulfonamides is 1. The Kier molecular flexibility index (Phi) is 6.70. The first-order valence-corrected chi connectivity index (χ1v) is 12.1. The SMILES string of the molecule is Cc1ccc(N(C)S(=O)(=O)c2cccc(C(=O)Nc3cccc(NC(=O)c4ccco4)c3)c2)cc1. The molecule has 0 radical (unpaired) electrons. The average molecular weight is 490 g/mol. The lowest BCUT2D eigenvalue weighted by atomic mass is 10.2. The summed E-state index contributed by atoms with van der Waals surface area (Å²) in [6, 6.07) is 22.7. The maximum Gasteiger partial charge on any atom is 0.291 e. The van der Waals surface area contributed by atoms with Crippen molar-refractivity contribution in [1.82, 2.24) is 0 Å². The number of carbonyl (C=O) groups is 2. The van der Waals surface area contributed by atoms with Crippen molar-refractivity contribution in [1.29, 1.82) is 0 Å². The van der Waals surface area contributed by atoms with Gasteiger partial charge in [0.05, 0.1) is 16.8 Å². The van der Waals surface area contributed by atoms with Gasteiger partial charge in [0.25, 0.3) is 21.8 Å². The summed E-state index contributed by atoms with van der Waals surface area (Å²) in [5, 5.41) is 5.42. The van der Waals surface area contributed by atoms with Crippen LogP contribution < -0.4 is 14.9 Å². The van der Waals surface area contributed by atoms with Crippen LogP contribution in [0.1, 0.15) is 26.5 Å². The minimum Gasteiger partial charge on any atom is -0.459 e. The topological polar surface area (TPSA) is 109 Å². The van der Waals surface area contributed by atoms with Crippen LogP contribution in [0.2, 0.25) is 0 Å². The van der Waals surface area contributed by atoms with E-state index >= 15 is 0 Å². The molecular formula is C26H23N3O5S. The third-order valence-electron chi connectivity index (χ3n) is 5.28. The molecule has 2 amide bonds. The fourth-order valence-electron chi connectivity index (χ4n) is 3.33. The number of rotatable bonds is 7. The van der Waals surface area contributed by atoms with E-state index in [1.54, 1.807) is 42.5 Å². The van der Waals surface area contributed by atoms with E-state index in [2.05, 4.69) is 10.6 Å². The molecule has 0 fully saturated rings. The quantitative estimate of drug-likeness (QED) is 0.383. The number of nitrogens with zero attached hydrogens (tertiary/aromatic N) is 1. The van der Waals surface area contributed by atoms with Gasteiger partial charge in [-0.2, -0.15) is 0 Å². The largest absolute Gasteiger partial charge is 0.459 e. The Labute approximate surface area is 203 Å². The molecule has 1 heterocycles. The van der Waals surface area contributed by atoms with Crippen LogP contribution in [0.5, 0.6) is 0 Å². The molecule has 35 heavy (non-hydrogen) atoms. The highest BCUT2D eigenvalue weighted by atomic mass is 32.2. The van der Waals surface area contributed by atoms with Crippen LogP contribution in [0.25, 0.3) is 0 Å². The molecule has 4 rings (SSSR count). The van der Waals surface area contributed by atoms with E-state index in [0.29, 0.717) is 17.1 Å². The van der Waals surface area contributed by atoms with E-state index in [-0.39, 0.29) is 16.2 Å². The van der Waals surface area contributed by atoms with Gasteiger partial charge in [0.2, 0.25) is 0 Å². The van der Waals surface area contributed by atoms with Gasteiger partial charge < -0.3 is 15.1 Å². The van der Waals surface area contributed by atoms with Crippen molar-refractivity contribution in [3.63, 3.8) is 0 Å². The Morgan fingerprint density at radius 2 is 1.46 bits per heavy atom. The van der Waals surface area contributed by atoms with Gasteiger partial charge in [0, 0.05) is 24.0 Å². The van der Waals surface area contributed by atoms with Gasteiger partial charge in [-0.05, 0) is 67.6 Å². The molecule has 8 nitrogen and oxygen atoms in total. The minimum atomic E-state index is -3.88. The van der Waals surface area contributed by atoms with Crippen LogP contribution in [0.4, 0.5) is 17.1 Å². The number of carbonyl (C=O) groups excluding carboxylic acids is 2. The lowest BCUT2D eigenvalue weighted by molar-refractivity contribution is 0.0995. The van der Waals surface area contributed by atoms with Crippen LogP contribution in [0.15, 0.2) is 101 Å². The first-order valence-electron chi connectivity index (χ1n) is 10.7. The van der Waals surface area contributed by atoms with Gasteiger partial charge in [0.1, 0.15) is 0 Å². The Morgan fingerprint density at radius 1 is 0.800 bits per heavy atom. The molecule has 0 bridgehead atoms.